The van der Waals surface area contributed by atoms with Gasteiger partial charge in [-0.3, -0.25) is 0 Å². The molecule has 0 radical (unpaired) electrons. The van der Waals surface area contributed by atoms with Gasteiger partial charge < -0.3 is 19.5 Å². The molecule has 1 aromatic rings. The van der Waals surface area contributed by atoms with Crippen LogP contribution in [0.25, 0.3) is 0 Å². The lowest BCUT2D eigenvalue weighted by Crippen LogP contribution is -2.33. The zero-order valence-corrected chi connectivity index (χ0v) is 13.5. The van der Waals surface area contributed by atoms with Crippen LogP contribution in [0.5, 0.6) is 11.5 Å². The normalized spacial score (nSPS) is 23.0. The van der Waals surface area contributed by atoms with Gasteiger partial charge in [0.05, 0.1) is 32.5 Å². The summed E-state index contributed by atoms with van der Waals surface area (Å²) in [4.78, 5) is 0. The number of hydrogen-bond acceptors (Lipinski definition) is 4. The van der Waals surface area contributed by atoms with Crippen molar-refractivity contribution in [2.45, 2.75) is 51.4 Å². The van der Waals surface area contributed by atoms with E-state index in [-0.39, 0.29) is 12.1 Å². The molecule has 1 aliphatic rings. The van der Waals surface area contributed by atoms with Crippen LogP contribution in [-0.2, 0) is 4.74 Å². The number of nitrogens with one attached hydrogen (secondary N) is 1. The van der Waals surface area contributed by atoms with Gasteiger partial charge in [0.1, 0.15) is 11.5 Å². The molecule has 4 nitrogen and oxygen atoms in total. The zero-order chi connectivity index (χ0) is 15.2. The molecule has 21 heavy (non-hydrogen) atoms. The molecule has 1 aliphatic heterocycles. The maximum Gasteiger partial charge on any atom is 0.124 e. The van der Waals surface area contributed by atoms with Crippen LogP contribution < -0.4 is 14.8 Å². The first kappa shape index (κ1) is 16.1. The molecule has 3 atom stereocenters. The molecular formula is C17H27NO3. The molecule has 0 aliphatic carbocycles. The van der Waals surface area contributed by atoms with Crippen molar-refractivity contribution in [1.29, 1.82) is 0 Å². The third-order valence-electron chi connectivity index (χ3n) is 4.02. The van der Waals surface area contributed by atoms with Crippen molar-refractivity contribution in [2.75, 3.05) is 20.8 Å². The summed E-state index contributed by atoms with van der Waals surface area (Å²) in [6, 6.07) is 6.09. The van der Waals surface area contributed by atoms with E-state index in [4.69, 9.17) is 14.2 Å². The Morgan fingerprint density at radius 3 is 2.67 bits per heavy atom. The molecule has 1 N–H and O–H groups in total. The lowest BCUT2D eigenvalue weighted by Gasteiger charge is -2.27. The quantitative estimate of drug-likeness (QED) is 0.837. The highest BCUT2D eigenvalue weighted by atomic mass is 16.5. The lowest BCUT2D eigenvalue weighted by atomic mass is 9.97. The fraction of sp³-hybridized carbons (Fsp3) is 0.647. The van der Waals surface area contributed by atoms with Crippen LogP contribution in [0.3, 0.4) is 0 Å². The van der Waals surface area contributed by atoms with Gasteiger partial charge in [-0.15, -0.1) is 0 Å². The third-order valence-corrected chi connectivity index (χ3v) is 4.02. The van der Waals surface area contributed by atoms with Crippen molar-refractivity contribution in [3.05, 3.63) is 23.8 Å². The second kappa shape index (κ2) is 7.66. The molecule has 0 saturated carbocycles. The highest BCUT2D eigenvalue weighted by molar-refractivity contribution is 5.43. The van der Waals surface area contributed by atoms with Crippen LogP contribution in [-0.4, -0.2) is 33.0 Å². The molecule has 4 heteroatoms. The third kappa shape index (κ3) is 3.89. The first-order chi connectivity index (χ1) is 10.2. The lowest BCUT2D eigenvalue weighted by molar-refractivity contribution is 0.0310. The standard InChI is InChI=1S/C17H27NO3/c1-5-10-18-17(16-8-6-12(2)21-16)14-11-13(19-3)7-9-15(14)20-4/h7,9,11-12,16-18H,5-6,8,10H2,1-4H3. The maximum atomic E-state index is 6.09. The Balaban J connectivity index is 2.30. The number of rotatable bonds is 7. The van der Waals surface area contributed by atoms with Crippen molar-refractivity contribution >= 4 is 0 Å². The summed E-state index contributed by atoms with van der Waals surface area (Å²) in [7, 11) is 3.40. The van der Waals surface area contributed by atoms with E-state index in [2.05, 4.69) is 25.2 Å². The van der Waals surface area contributed by atoms with Crippen LogP contribution in [0, 0.1) is 0 Å². The highest BCUT2D eigenvalue weighted by Crippen LogP contribution is 2.36. The molecule has 0 amide bonds. The molecule has 1 fully saturated rings. The molecule has 0 bridgehead atoms. The number of benzene rings is 1. The van der Waals surface area contributed by atoms with Crippen molar-refractivity contribution in [1.82, 2.24) is 5.32 Å². The van der Waals surface area contributed by atoms with E-state index in [0.717, 1.165) is 42.9 Å². The topological polar surface area (TPSA) is 39.7 Å². The summed E-state index contributed by atoms with van der Waals surface area (Å²) in [6.45, 7) is 5.27. The Bertz CT molecular complexity index is 450. The van der Waals surface area contributed by atoms with Gasteiger partial charge in [0, 0.05) is 5.56 Å². The monoisotopic (exact) mass is 293 g/mol. The first-order valence-electron chi connectivity index (χ1n) is 7.80. The van der Waals surface area contributed by atoms with E-state index in [0.29, 0.717) is 6.10 Å². The van der Waals surface area contributed by atoms with E-state index in [9.17, 15) is 0 Å². The number of hydrogen-bond donors (Lipinski definition) is 1. The van der Waals surface area contributed by atoms with Gasteiger partial charge in [-0.2, -0.15) is 0 Å². The maximum absolute atomic E-state index is 6.09. The molecule has 1 heterocycles. The largest absolute Gasteiger partial charge is 0.497 e. The highest BCUT2D eigenvalue weighted by Gasteiger charge is 2.32. The summed E-state index contributed by atoms with van der Waals surface area (Å²) in [6.07, 6.45) is 3.79. The van der Waals surface area contributed by atoms with Crippen LogP contribution in [0.2, 0.25) is 0 Å². The minimum Gasteiger partial charge on any atom is -0.497 e. The summed E-state index contributed by atoms with van der Waals surface area (Å²) >= 11 is 0. The molecule has 1 saturated heterocycles. The molecular weight excluding hydrogens is 266 g/mol. The van der Waals surface area contributed by atoms with E-state index in [1.54, 1.807) is 14.2 Å². The van der Waals surface area contributed by atoms with Crippen LogP contribution in [0.1, 0.15) is 44.7 Å². The minimum atomic E-state index is 0.139. The van der Waals surface area contributed by atoms with Gasteiger partial charge in [0.15, 0.2) is 0 Å². The second-order valence-electron chi connectivity index (χ2n) is 5.60. The summed E-state index contributed by atoms with van der Waals surface area (Å²) < 4.78 is 17.0. The Kier molecular flexibility index (Phi) is 5.88. The first-order valence-corrected chi connectivity index (χ1v) is 7.80. The SMILES string of the molecule is CCCNC(c1cc(OC)ccc1OC)C1CCC(C)O1. The Morgan fingerprint density at radius 1 is 1.29 bits per heavy atom. The molecule has 0 spiro atoms. The van der Waals surface area contributed by atoms with Crippen molar-refractivity contribution in [2.24, 2.45) is 0 Å². The summed E-state index contributed by atoms with van der Waals surface area (Å²) in [5.41, 5.74) is 1.12. The molecule has 2 rings (SSSR count). The van der Waals surface area contributed by atoms with E-state index in [1.165, 1.54) is 0 Å². The fourth-order valence-electron chi connectivity index (χ4n) is 2.90. The van der Waals surface area contributed by atoms with Crippen molar-refractivity contribution in [3.8, 4) is 11.5 Å². The predicted octanol–water partition coefficient (Wildman–Crippen LogP) is 3.31. The van der Waals surface area contributed by atoms with Crippen molar-refractivity contribution in [3.63, 3.8) is 0 Å². The van der Waals surface area contributed by atoms with E-state index < -0.39 is 0 Å². The Hall–Kier alpha value is -1.26. The molecule has 0 aromatic heterocycles. The second-order valence-corrected chi connectivity index (χ2v) is 5.60. The van der Waals surface area contributed by atoms with E-state index in [1.807, 2.05) is 12.1 Å². The summed E-state index contributed by atoms with van der Waals surface area (Å²) in [5.74, 6) is 1.73. The number of methoxy groups -OCH3 is 2. The van der Waals surface area contributed by atoms with Gasteiger partial charge in [-0.1, -0.05) is 6.92 Å². The zero-order valence-electron chi connectivity index (χ0n) is 13.5. The summed E-state index contributed by atoms with van der Waals surface area (Å²) in [5, 5.41) is 3.61. The molecule has 1 aromatic carbocycles. The van der Waals surface area contributed by atoms with Gasteiger partial charge in [-0.25, -0.2) is 0 Å². The van der Waals surface area contributed by atoms with Crippen LogP contribution in [0.4, 0.5) is 0 Å². The fourth-order valence-corrected chi connectivity index (χ4v) is 2.90. The van der Waals surface area contributed by atoms with Crippen molar-refractivity contribution < 1.29 is 14.2 Å². The minimum absolute atomic E-state index is 0.139. The molecule has 3 unspecified atom stereocenters. The predicted molar refractivity (Wildman–Crippen MR) is 84.1 cm³/mol. The average molecular weight is 293 g/mol. The van der Waals surface area contributed by atoms with Crippen LogP contribution >= 0.6 is 0 Å². The molecule has 118 valence electrons. The average Bonchev–Trinajstić information content (AvgIpc) is 2.93. The van der Waals surface area contributed by atoms with E-state index >= 15 is 0 Å². The smallest absolute Gasteiger partial charge is 0.124 e. The Morgan fingerprint density at radius 2 is 2.10 bits per heavy atom. The van der Waals surface area contributed by atoms with Gasteiger partial charge >= 0.3 is 0 Å². The number of ether oxygens (including phenoxy) is 3. The van der Waals surface area contributed by atoms with Crippen LogP contribution in [0.15, 0.2) is 18.2 Å². The van der Waals surface area contributed by atoms with Gasteiger partial charge in [0.2, 0.25) is 0 Å². The van der Waals surface area contributed by atoms with Gasteiger partial charge in [-0.05, 0) is 50.9 Å². The Labute approximate surface area is 127 Å². The van der Waals surface area contributed by atoms with Gasteiger partial charge in [0.25, 0.3) is 0 Å².